The van der Waals surface area contributed by atoms with Crippen LogP contribution in [0.5, 0.6) is 5.75 Å². The Balaban J connectivity index is 0.000000342. The minimum atomic E-state index is -1.13. The summed E-state index contributed by atoms with van der Waals surface area (Å²) in [6.45, 7) is -0.624. The first-order valence-electron chi connectivity index (χ1n) is 7.96. The van der Waals surface area contributed by atoms with Crippen LogP contribution in [0.2, 0.25) is 10.0 Å². The van der Waals surface area contributed by atoms with E-state index in [-0.39, 0.29) is 34.1 Å². The Morgan fingerprint density at radius 3 is 2.19 bits per heavy atom. The van der Waals surface area contributed by atoms with Crippen molar-refractivity contribution in [2.45, 2.75) is 12.8 Å². The highest BCUT2D eigenvalue weighted by Gasteiger charge is 2.34. The van der Waals surface area contributed by atoms with Gasteiger partial charge in [-0.15, -0.1) is 0 Å². The van der Waals surface area contributed by atoms with Gasteiger partial charge in [0.15, 0.2) is 12.4 Å². The topological polar surface area (TPSA) is 83.8 Å². The lowest BCUT2D eigenvalue weighted by molar-refractivity contribution is -0.139. The van der Waals surface area contributed by atoms with E-state index in [0.717, 1.165) is 0 Å². The van der Waals surface area contributed by atoms with Gasteiger partial charge in [0.25, 0.3) is 0 Å². The predicted molar refractivity (Wildman–Crippen MR) is 99.3 cm³/mol. The van der Waals surface area contributed by atoms with Gasteiger partial charge < -0.3 is 14.9 Å². The Bertz CT molecular complexity index is 751. The molecule has 26 heavy (non-hydrogen) atoms. The molecule has 2 N–H and O–H groups in total. The van der Waals surface area contributed by atoms with Gasteiger partial charge in [-0.1, -0.05) is 59.6 Å². The van der Waals surface area contributed by atoms with Crippen molar-refractivity contribution in [1.82, 2.24) is 0 Å². The summed E-state index contributed by atoms with van der Waals surface area (Å²) < 4.78 is 5.06. The maximum atomic E-state index is 12.1. The molecule has 1 aliphatic carbocycles. The Morgan fingerprint density at radius 2 is 1.69 bits per heavy atom. The largest absolute Gasteiger partial charge is 0.480 e. The van der Waals surface area contributed by atoms with Crippen molar-refractivity contribution in [1.29, 1.82) is 0 Å². The van der Waals surface area contributed by atoms with E-state index in [1.165, 1.54) is 0 Å². The lowest BCUT2D eigenvalue weighted by Gasteiger charge is -2.10. The van der Waals surface area contributed by atoms with Crippen LogP contribution in [0.1, 0.15) is 22.3 Å². The van der Waals surface area contributed by atoms with Crippen LogP contribution in [-0.4, -0.2) is 35.2 Å². The smallest absolute Gasteiger partial charge is 0.341 e. The summed E-state index contributed by atoms with van der Waals surface area (Å²) in [7, 11) is 0. The number of carboxylic acids is 1. The monoisotopic (exact) mass is 396 g/mol. The first kappa shape index (κ1) is 20.2. The van der Waals surface area contributed by atoms with Crippen LogP contribution in [0, 0.1) is 5.92 Å². The van der Waals surface area contributed by atoms with Crippen molar-refractivity contribution in [3.8, 4) is 5.75 Å². The first-order valence-corrected chi connectivity index (χ1v) is 8.71. The molecule has 0 aromatic heterocycles. The zero-order chi connectivity index (χ0) is 19.1. The fraction of sp³-hybridized carbons (Fsp3) is 0.263. The number of Topliss-reactive ketones (excluding diaryl/α,β-unsaturated/α-hetero) is 1. The van der Waals surface area contributed by atoms with Gasteiger partial charge in [-0.2, -0.15) is 0 Å². The molecule has 7 heteroatoms. The molecule has 0 spiro atoms. The lowest BCUT2D eigenvalue weighted by atomic mass is 10.0. The molecule has 0 radical (unpaired) electrons. The molecule has 0 heterocycles. The highest BCUT2D eigenvalue weighted by atomic mass is 35.5. The van der Waals surface area contributed by atoms with Gasteiger partial charge in [-0.3, -0.25) is 4.79 Å². The van der Waals surface area contributed by atoms with Crippen molar-refractivity contribution >= 4 is 35.0 Å². The van der Waals surface area contributed by atoms with Gasteiger partial charge in [0.05, 0.1) is 5.02 Å². The standard InChI is InChI=1S/C13H12Cl2O5.C6H6/c14-11-8(20-5-9(17)18)4-7-3-6(1-2-16)13(19)10(7)12(11)15;1-2-4-6-5-3-1/h4,6,16H,1-3,5H2,(H,17,18);1-6H. The molecule has 0 bridgehead atoms. The van der Waals surface area contributed by atoms with Crippen LogP contribution in [0.15, 0.2) is 42.5 Å². The molecule has 0 fully saturated rings. The van der Waals surface area contributed by atoms with E-state index >= 15 is 0 Å². The average Bonchev–Trinajstić information content (AvgIpc) is 2.95. The maximum absolute atomic E-state index is 12.1. The van der Waals surface area contributed by atoms with Gasteiger partial charge in [0.1, 0.15) is 10.8 Å². The molecular weight excluding hydrogens is 379 g/mol. The molecular formula is C19H18Cl2O5. The quantitative estimate of drug-likeness (QED) is 0.800. The van der Waals surface area contributed by atoms with Crippen molar-refractivity contribution in [2.75, 3.05) is 13.2 Å². The molecule has 0 aliphatic heterocycles. The molecule has 1 unspecified atom stereocenters. The maximum Gasteiger partial charge on any atom is 0.341 e. The Kier molecular flexibility index (Phi) is 7.45. The molecule has 1 atom stereocenters. The summed E-state index contributed by atoms with van der Waals surface area (Å²) in [6, 6.07) is 13.5. The molecule has 0 amide bonds. The fourth-order valence-electron chi connectivity index (χ4n) is 2.66. The second-order valence-electron chi connectivity index (χ2n) is 5.65. The zero-order valence-corrected chi connectivity index (χ0v) is 15.3. The minimum Gasteiger partial charge on any atom is -0.480 e. The molecule has 0 saturated carbocycles. The number of aliphatic hydroxyl groups is 1. The second kappa shape index (κ2) is 9.57. The number of carbonyl (C=O) groups excluding carboxylic acids is 1. The van der Waals surface area contributed by atoms with Gasteiger partial charge >= 0.3 is 5.97 Å². The summed E-state index contributed by atoms with van der Waals surface area (Å²) in [5.41, 5.74) is 1.01. The minimum absolute atomic E-state index is 0.0321. The van der Waals surface area contributed by atoms with Crippen LogP contribution in [0.25, 0.3) is 0 Å². The fourth-order valence-corrected chi connectivity index (χ4v) is 3.17. The van der Waals surface area contributed by atoms with E-state index in [9.17, 15) is 9.59 Å². The van der Waals surface area contributed by atoms with E-state index in [0.29, 0.717) is 24.0 Å². The summed E-state index contributed by atoms with van der Waals surface area (Å²) in [5, 5.41) is 17.7. The first-order chi connectivity index (χ1) is 12.5. The molecule has 0 saturated heterocycles. The van der Waals surface area contributed by atoms with E-state index in [1.54, 1.807) is 6.07 Å². The summed E-state index contributed by atoms with van der Waals surface area (Å²) in [4.78, 5) is 22.7. The number of hydrogen-bond donors (Lipinski definition) is 2. The van der Waals surface area contributed by atoms with E-state index in [4.69, 9.17) is 38.2 Å². The summed E-state index contributed by atoms with van der Waals surface area (Å²) in [5.74, 6) is -1.45. The second-order valence-corrected chi connectivity index (χ2v) is 6.41. The van der Waals surface area contributed by atoms with Gasteiger partial charge in [0.2, 0.25) is 0 Å². The Morgan fingerprint density at radius 1 is 1.12 bits per heavy atom. The number of aliphatic carboxylic acids is 1. The van der Waals surface area contributed by atoms with E-state index in [1.807, 2.05) is 36.4 Å². The lowest BCUT2D eigenvalue weighted by Crippen LogP contribution is -2.11. The number of ketones is 1. The third-order valence-corrected chi connectivity index (χ3v) is 4.68. The van der Waals surface area contributed by atoms with Crippen LogP contribution in [0.4, 0.5) is 0 Å². The normalized spacial score (nSPS) is 15.0. The third-order valence-electron chi connectivity index (χ3n) is 3.83. The van der Waals surface area contributed by atoms with Crippen molar-refractivity contribution in [3.05, 3.63) is 63.6 Å². The molecule has 3 rings (SSSR count). The van der Waals surface area contributed by atoms with Crippen LogP contribution in [-0.2, 0) is 11.2 Å². The molecule has 1 aliphatic rings. The Labute approximate surface area is 161 Å². The van der Waals surface area contributed by atoms with Crippen molar-refractivity contribution in [3.63, 3.8) is 0 Å². The van der Waals surface area contributed by atoms with Crippen LogP contribution in [0.3, 0.4) is 0 Å². The van der Waals surface area contributed by atoms with E-state index in [2.05, 4.69) is 0 Å². The van der Waals surface area contributed by atoms with E-state index < -0.39 is 12.6 Å². The van der Waals surface area contributed by atoms with Crippen LogP contribution < -0.4 is 4.74 Å². The van der Waals surface area contributed by atoms with Crippen molar-refractivity contribution in [2.24, 2.45) is 5.92 Å². The highest BCUT2D eigenvalue weighted by Crippen LogP contribution is 2.42. The van der Waals surface area contributed by atoms with Gasteiger partial charge in [0, 0.05) is 18.1 Å². The average molecular weight is 397 g/mol. The molecule has 2 aromatic rings. The number of benzene rings is 2. The number of rotatable bonds is 5. The van der Waals surface area contributed by atoms with Gasteiger partial charge in [-0.25, -0.2) is 4.79 Å². The number of hydrogen-bond acceptors (Lipinski definition) is 4. The number of ether oxygens (including phenoxy) is 1. The number of carboxylic acid groups (broad SMARTS) is 1. The summed E-state index contributed by atoms with van der Waals surface area (Å²) in [6.07, 6.45) is 0.793. The molecule has 138 valence electrons. The summed E-state index contributed by atoms with van der Waals surface area (Å²) >= 11 is 12.1. The number of carbonyl (C=O) groups is 2. The zero-order valence-electron chi connectivity index (χ0n) is 13.8. The predicted octanol–water partition coefficient (Wildman–Crippen LogP) is 3.88. The number of halogens is 2. The number of aliphatic hydroxyl groups excluding tert-OH is 1. The SMILES string of the molecule is O=C(O)COc1cc2c(c(Cl)c1Cl)C(=O)C(CCO)C2.c1ccccc1. The van der Waals surface area contributed by atoms with Crippen molar-refractivity contribution < 1.29 is 24.5 Å². The Hall–Kier alpha value is -2.08. The highest BCUT2D eigenvalue weighted by molar-refractivity contribution is 6.45. The third kappa shape index (κ3) is 4.97. The molecule has 2 aromatic carbocycles. The van der Waals surface area contributed by atoms with Crippen LogP contribution >= 0.6 is 23.2 Å². The molecule has 5 nitrogen and oxygen atoms in total. The number of fused-ring (bicyclic) bond motifs is 1. The van der Waals surface area contributed by atoms with Gasteiger partial charge in [-0.05, 0) is 24.5 Å².